The molecule has 0 saturated heterocycles. The summed E-state index contributed by atoms with van der Waals surface area (Å²) in [4.78, 5) is 0. The van der Waals surface area contributed by atoms with Crippen LogP contribution in [0, 0.1) is 0 Å². The van der Waals surface area contributed by atoms with Crippen LogP contribution in [-0.4, -0.2) is 15.6 Å². The molecule has 0 bridgehead atoms. The zero-order valence-corrected chi connectivity index (χ0v) is 8.80. The highest BCUT2D eigenvalue weighted by atomic mass is 127. The minimum atomic E-state index is -0.0385. The molecule has 1 nitrogen and oxygen atoms in total. The molecule has 10 heavy (non-hydrogen) atoms. The summed E-state index contributed by atoms with van der Waals surface area (Å²) in [6, 6.07) is 0. The summed E-state index contributed by atoms with van der Waals surface area (Å²) in [7, 11) is 0. The summed E-state index contributed by atoms with van der Waals surface area (Å²) in [5, 5.41) is 9.27. The number of hydrogen-bond acceptors (Lipinski definition) is 1. The van der Waals surface area contributed by atoms with Gasteiger partial charge in [0.1, 0.15) is 0 Å². The fraction of sp³-hybridized carbons (Fsp3) is 1.00. The van der Waals surface area contributed by atoms with Crippen molar-refractivity contribution < 1.29 is 5.11 Å². The SMILES string of the molecule is CCCCCC(O)CCI. The highest BCUT2D eigenvalue weighted by molar-refractivity contribution is 14.1. The van der Waals surface area contributed by atoms with Crippen LogP contribution in [-0.2, 0) is 0 Å². The van der Waals surface area contributed by atoms with Crippen molar-refractivity contribution in [2.75, 3.05) is 4.43 Å². The monoisotopic (exact) mass is 256 g/mol. The van der Waals surface area contributed by atoms with Crippen LogP contribution < -0.4 is 0 Å². The zero-order chi connectivity index (χ0) is 7.82. The second-order valence-corrected chi connectivity index (χ2v) is 3.71. The average molecular weight is 256 g/mol. The molecule has 1 N–H and O–H groups in total. The number of aliphatic hydroxyl groups excluding tert-OH is 1. The fourth-order valence-electron chi connectivity index (χ4n) is 0.900. The Morgan fingerprint density at radius 1 is 1.30 bits per heavy atom. The van der Waals surface area contributed by atoms with Crippen LogP contribution in [0.25, 0.3) is 0 Å². The summed E-state index contributed by atoms with van der Waals surface area (Å²) in [6.45, 7) is 2.19. The maximum absolute atomic E-state index is 9.27. The van der Waals surface area contributed by atoms with Crippen molar-refractivity contribution in [3.05, 3.63) is 0 Å². The van der Waals surface area contributed by atoms with Gasteiger partial charge in [0.25, 0.3) is 0 Å². The Labute approximate surface area is 77.3 Å². The summed E-state index contributed by atoms with van der Waals surface area (Å²) in [6.07, 6.45) is 5.62. The van der Waals surface area contributed by atoms with Gasteiger partial charge in [0.15, 0.2) is 0 Å². The van der Waals surface area contributed by atoms with Crippen LogP contribution in [0.5, 0.6) is 0 Å². The van der Waals surface area contributed by atoms with E-state index in [9.17, 15) is 5.11 Å². The third kappa shape index (κ3) is 6.81. The topological polar surface area (TPSA) is 20.2 Å². The van der Waals surface area contributed by atoms with E-state index in [-0.39, 0.29) is 6.10 Å². The lowest BCUT2D eigenvalue weighted by Crippen LogP contribution is -2.06. The molecule has 0 heterocycles. The smallest absolute Gasteiger partial charge is 0.0547 e. The normalized spacial score (nSPS) is 13.5. The Balaban J connectivity index is 2.97. The molecule has 0 aromatic heterocycles. The van der Waals surface area contributed by atoms with E-state index in [1.54, 1.807) is 0 Å². The van der Waals surface area contributed by atoms with Crippen molar-refractivity contribution in [3.8, 4) is 0 Å². The van der Waals surface area contributed by atoms with Gasteiger partial charge in [-0.3, -0.25) is 0 Å². The molecule has 0 aliphatic rings. The summed E-state index contributed by atoms with van der Waals surface area (Å²) in [5.74, 6) is 0. The van der Waals surface area contributed by atoms with Gasteiger partial charge >= 0.3 is 0 Å². The number of alkyl halides is 1. The number of halogens is 1. The molecule has 62 valence electrons. The second kappa shape index (κ2) is 7.79. The van der Waals surface area contributed by atoms with Gasteiger partial charge in [-0.2, -0.15) is 0 Å². The molecule has 0 spiro atoms. The lowest BCUT2D eigenvalue weighted by atomic mass is 10.1. The lowest BCUT2D eigenvalue weighted by Gasteiger charge is -2.06. The number of unbranched alkanes of at least 4 members (excludes halogenated alkanes) is 2. The highest BCUT2D eigenvalue weighted by Gasteiger charge is 2.00. The van der Waals surface area contributed by atoms with Gasteiger partial charge in [0.2, 0.25) is 0 Å². The zero-order valence-electron chi connectivity index (χ0n) is 6.65. The molecule has 0 radical (unpaired) electrons. The standard InChI is InChI=1S/C8H17IO/c1-2-3-4-5-8(10)6-7-9/h8,10H,2-7H2,1H3. The van der Waals surface area contributed by atoms with Gasteiger partial charge in [0, 0.05) is 4.43 Å². The van der Waals surface area contributed by atoms with Crippen LogP contribution in [0.1, 0.15) is 39.0 Å². The van der Waals surface area contributed by atoms with Gasteiger partial charge < -0.3 is 5.11 Å². The van der Waals surface area contributed by atoms with Crippen molar-refractivity contribution in [3.63, 3.8) is 0 Å². The predicted octanol–water partition coefficient (Wildman–Crippen LogP) is 2.75. The molecule has 0 saturated carbocycles. The molecule has 0 fully saturated rings. The Morgan fingerprint density at radius 3 is 2.50 bits per heavy atom. The Morgan fingerprint density at radius 2 is 2.00 bits per heavy atom. The maximum Gasteiger partial charge on any atom is 0.0547 e. The first kappa shape index (κ1) is 10.7. The van der Waals surface area contributed by atoms with Gasteiger partial charge in [-0.05, 0) is 12.8 Å². The number of aliphatic hydroxyl groups is 1. The first-order chi connectivity index (χ1) is 4.81. The van der Waals surface area contributed by atoms with Crippen LogP contribution >= 0.6 is 22.6 Å². The molecule has 0 amide bonds. The molecular weight excluding hydrogens is 239 g/mol. The fourth-order valence-corrected chi connectivity index (χ4v) is 1.62. The first-order valence-electron chi connectivity index (χ1n) is 4.05. The van der Waals surface area contributed by atoms with Crippen LogP contribution in [0.15, 0.2) is 0 Å². The molecule has 0 aromatic carbocycles. The largest absolute Gasteiger partial charge is 0.393 e. The maximum atomic E-state index is 9.27. The van der Waals surface area contributed by atoms with E-state index in [4.69, 9.17) is 0 Å². The average Bonchev–Trinajstić information content (AvgIpc) is 1.89. The van der Waals surface area contributed by atoms with Gasteiger partial charge in [-0.15, -0.1) is 0 Å². The van der Waals surface area contributed by atoms with E-state index in [1.807, 2.05) is 0 Å². The van der Waals surface area contributed by atoms with Crippen molar-refractivity contribution in [2.45, 2.75) is 45.1 Å². The number of rotatable bonds is 6. The molecule has 1 unspecified atom stereocenters. The molecule has 1 atom stereocenters. The van der Waals surface area contributed by atoms with Crippen molar-refractivity contribution >= 4 is 22.6 Å². The van der Waals surface area contributed by atoms with Crippen molar-refractivity contribution in [2.24, 2.45) is 0 Å². The second-order valence-electron chi connectivity index (χ2n) is 2.63. The first-order valence-corrected chi connectivity index (χ1v) is 5.57. The number of hydrogen-bond donors (Lipinski definition) is 1. The Hall–Kier alpha value is 0.690. The van der Waals surface area contributed by atoms with Crippen molar-refractivity contribution in [1.82, 2.24) is 0 Å². The highest BCUT2D eigenvalue weighted by Crippen LogP contribution is 2.07. The van der Waals surface area contributed by atoms with E-state index in [2.05, 4.69) is 29.5 Å². The molecule has 0 aromatic rings. The molecule has 0 rings (SSSR count). The van der Waals surface area contributed by atoms with Gasteiger partial charge in [-0.1, -0.05) is 48.8 Å². The van der Waals surface area contributed by atoms with E-state index in [0.717, 1.165) is 17.3 Å². The van der Waals surface area contributed by atoms with Gasteiger partial charge in [0.05, 0.1) is 6.10 Å². The van der Waals surface area contributed by atoms with Crippen molar-refractivity contribution in [1.29, 1.82) is 0 Å². The third-order valence-corrected chi connectivity index (χ3v) is 2.21. The Kier molecular flexibility index (Phi) is 8.33. The quantitative estimate of drug-likeness (QED) is 0.440. The van der Waals surface area contributed by atoms with E-state index >= 15 is 0 Å². The third-order valence-electron chi connectivity index (χ3n) is 1.58. The van der Waals surface area contributed by atoms with Gasteiger partial charge in [-0.25, -0.2) is 0 Å². The predicted molar refractivity (Wildman–Crippen MR) is 53.7 cm³/mol. The van der Waals surface area contributed by atoms with E-state index < -0.39 is 0 Å². The molecule has 2 heteroatoms. The van der Waals surface area contributed by atoms with Crippen LogP contribution in [0.3, 0.4) is 0 Å². The van der Waals surface area contributed by atoms with Crippen LogP contribution in [0.2, 0.25) is 0 Å². The van der Waals surface area contributed by atoms with E-state index in [0.29, 0.717) is 0 Å². The van der Waals surface area contributed by atoms with E-state index in [1.165, 1.54) is 19.3 Å². The molecule has 0 aliphatic heterocycles. The summed E-state index contributed by atoms with van der Waals surface area (Å²) in [5.41, 5.74) is 0. The summed E-state index contributed by atoms with van der Waals surface area (Å²) < 4.78 is 1.07. The molecular formula is C8H17IO. The van der Waals surface area contributed by atoms with Crippen LogP contribution in [0.4, 0.5) is 0 Å². The Bertz CT molecular complexity index is 66.3. The summed E-state index contributed by atoms with van der Waals surface area (Å²) >= 11 is 2.30. The lowest BCUT2D eigenvalue weighted by molar-refractivity contribution is 0.158. The minimum absolute atomic E-state index is 0.0385. The molecule has 0 aliphatic carbocycles. The minimum Gasteiger partial charge on any atom is -0.393 e.